The predicted octanol–water partition coefficient (Wildman–Crippen LogP) is 3.22. The van der Waals surface area contributed by atoms with Crippen LogP contribution in [0.25, 0.3) is 0 Å². The van der Waals surface area contributed by atoms with Crippen molar-refractivity contribution >= 4 is 23.6 Å². The van der Waals surface area contributed by atoms with Crippen molar-refractivity contribution in [2.75, 3.05) is 26.9 Å². The van der Waals surface area contributed by atoms with Crippen LogP contribution in [0.5, 0.6) is 17.2 Å². The summed E-state index contributed by atoms with van der Waals surface area (Å²) in [6.45, 7) is 8.67. The van der Waals surface area contributed by atoms with Crippen molar-refractivity contribution in [2.45, 2.75) is 71.5 Å². The Morgan fingerprint density at radius 3 is 2.39 bits per heavy atom. The SMILES string of the molecule is CC[C@H](C)[C@@H]1NC(=O)C[C@@H](C(=O)NCCCOc2ccc(OC)cc2)NC(=O)c2ccccc2OC[C@@H](CC(C)C)NC1=O. The Balaban J connectivity index is 1.75. The second-order valence-corrected chi connectivity index (χ2v) is 11.5. The average molecular weight is 611 g/mol. The number of fused-ring (bicyclic) bond motifs is 1. The number of methoxy groups -OCH3 is 1. The molecule has 0 radical (unpaired) electrons. The Hall–Kier alpha value is -4.28. The highest BCUT2D eigenvalue weighted by Gasteiger charge is 2.32. The first-order valence-corrected chi connectivity index (χ1v) is 15.3. The van der Waals surface area contributed by atoms with Gasteiger partial charge in [-0.1, -0.05) is 46.2 Å². The van der Waals surface area contributed by atoms with Gasteiger partial charge in [-0.05, 0) is 61.1 Å². The van der Waals surface area contributed by atoms with Crippen LogP contribution in [-0.4, -0.2) is 68.6 Å². The summed E-state index contributed by atoms with van der Waals surface area (Å²) < 4.78 is 16.9. The summed E-state index contributed by atoms with van der Waals surface area (Å²) in [5.41, 5.74) is 0.225. The smallest absolute Gasteiger partial charge is 0.255 e. The third kappa shape index (κ3) is 10.5. The van der Waals surface area contributed by atoms with Crippen LogP contribution in [0.15, 0.2) is 48.5 Å². The lowest BCUT2D eigenvalue weighted by molar-refractivity contribution is -0.132. The molecular formula is C33H46N4O7. The molecule has 3 rings (SSSR count). The minimum Gasteiger partial charge on any atom is -0.497 e. The van der Waals surface area contributed by atoms with E-state index in [9.17, 15) is 19.2 Å². The Morgan fingerprint density at radius 1 is 1.00 bits per heavy atom. The molecule has 2 aromatic rings. The number of carbonyl (C=O) groups excluding carboxylic acids is 4. The summed E-state index contributed by atoms with van der Waals surface area (Å²) in [4.78, 5) is 53.3. The number of hydrogen-bond acceptors (Lipinski definition) is 7. The van der Waals surface area contributed by atoms with Gasteiger partial charge in [-0.3, -0.25) is 19.2 Å². The number of nitrogens with one attached hydrogen (secondary N) is 4. The van der Waals surface area contributed by atoms with Crippen LogP contribution in [0.3, 0.4) is 0 Å². The van der Waals surface area contributed by atoms with Gasteiger partial charge in [0, 0.05) is 6.54 Å². The van der Waals surface area contributed by atoms with Crippen LogP contribution in [0.4, 0.5) is 0 Å². The topological polar surface area (TPSA) is 144 Å². The Bertz CT molecular complexity index is 1250. The molecule has 44 heavy (non-hydrogen) atoms. The number of carbonyl (C=O) groups is 4. The fourth-order valence-corrected chi connectivity index (χ4v) is 4.83. The Kier molecular flexibility index (Phi) is 13.3. The fraction of sp³-hybridized carbons (Fsp3) is 0.515. The largest absolute Gasteiger partial charge is 0.497 e. The van der Waals surface area contributed by atoms with Gasteiger partial charge in [0.25, 0.3) is 5.91 Å². The van der Waals surface area contributed by atoms with Crippen LogP contribution >= 0.6 is 0 Å². The first-order chi connectivity index (χ1) is 21.1. The van der Waals surface area contributed by atoms with Crippen molar-refractivity contribution < 1.29 is 33.4 Å². The number of rotatable bonds is 11. The van der Waals surface area contributed by atoms with E-state index < -0.39 is 29.8 Å². The average Bonchev–Trinajstić information content (AvgIpc) is 3.01. The van der Waals surface area contributed by atoms with E-state index in [0.717, 1.165) is 5.75 Å². The molecule has 0 fully saturated rings. The van der Waals surface area contributed by atoms with E-state index in [1.807, 2.05) is 27.7 Å². The molecule has 0 bridgehead atoms. The standard InChI is InChI=1S/C33H46N4O7/c1-6-22(4)30-33(41)35-23(18-21(2)3)20-44-28-11-8-7-10-26(28)31(39)36-27(19-29(38)37-30)32(40)34-16-9-17-43-25-14-12-24(42-5)13-15-25/h7-8,10-15,21-23,27,30H,6,9,16-20H2,1-5H3,(H,34,40)(H,35,41)(H,36,39)(H,37,38)/t22-,23+,27-,30-/m0/s1. The van der Waals surface area contributed by atoms with E-state index in [4.69, 9.17) is 14.2 Å². The molecule has 2 aromatic carbocycles. The number of ether oxygens (including phenoxy) is 3. The summed E-state index contributed by atoms with van der Waals surface area (Å²) in [5.74, 6) is -0.0796. The molecule has 0 saturated heterocycles. The lowest BCUT2D eigenvalue weighted by Crippen LogP contribution is -2.56. The highest BCUT2D eigenvalue weighted by Crippen LogP contribution is 2.20. The molecule has 1 aliphatic heterocycles. The van der Waals surface area contributed by atoms with Crippen molar-refractivity contribution in [2.24, 2.45) is 11.8 Å². The molecule has 1 aliphatic rings. The summed E-state index contributed by atoms with van der Waals surface area (Å²) in [6, 6.07) is 11.5. The third-order valence-electron chi connectivity index (χ3n) is 7.45. The molecule has 4 amide bonds. The van der Waals surface area contributed by atoms with Crippen LogP contribution in [-0.2, 0) is 14.4 Å². The molecule has 0 saturated carbocycles. The highest BCUT2D eigenvalue weighted by molar-refractivity contribution is 6.01. The van der Waals surface area contributed by atoms with E-state index in [2.05, 4.69) is 21.3 Å². The highest BCUT2D eigenvalue weighted by atomic mass is 16.5. The second kappa shape index (κ2) is 17.1. The van der Waals surface area contributed by atoms with Crippen molar-refractivity contribution in [3.05, 3.63) is 54.1 Å². The van der Waals surface area contributed by atoms with Crippen molar-refractivity contribution in [1.29, 1.82) is 0 Å². The first-order valence-electron chi connectivity index (χ1n) is 15.3. The fourth-order valence-electron chi connectivity index (χ4n) is 4.83. The zero-order valence-electron chi connectivity index (χ0n) is 26.3. The van der Waals surface area contributed by atoms with Gasteiger partial charge in [0.15, 0.2) is 0 Å². The van der Waals surface area contributed by atoms with Gasteiger partial charge in [0.2, 0.25) is 17.7 Å². The minimum atomic E-state index is -1.18. The summed E-state index contributed by atoms with van der Waals surface area (Å²) in [6.07, 6.45) is 1.44. The van der Waals surface area contributed by atoms with Gasteiger partial charge < -0.3 is 35.5 Å². The van der Waals surface area contributed by atoms with Crippen LogP contribution in [0, 0.1) is 11.8 Å². The zero-order valence-corrected chi connectivity index (χ0v) is 26.3. The van der Waals surface area contributed by atoms with E-state index in [1.54, 1.807) is 55.6 Å². The van der Waals surface area contributed by atoms with Gasteiger partial charge in [0.1, 0.15) is 35.9 Å². The number of hydrogen-bond donors (Lipinski definition) is 4. The maximum Gasteiger partial charge on any atom is 0.255 e. The molecule has 11 nitrogen and oxygen atoms in total. The van der Waals surface area contributed by atoms with Crippen LogP contribution in [0.1, 0.15) is 63.7 Å². The number of para-hydroxylation sites is 1. The summed E-state index contributed by atoms with van der Waals surface area (Å²) >= 11 is 0. The monoisotopic (exact) mass is 610 g/mol. The predicted molar refractivity (Wildman–Crippen MR) is 167 cm³/mol. The molecule has 11 heteroatoms. The number of amides is 4. The zero-order chi connectivity index (χ0) is 32.1. The second-order valence-electron chi connectivity index (χ2n) is 11.5. The maximum absolute atomic E-state index is 13.4. The van der Waals surface area contributed by atoms with Gasteiger partial charge in [-0.25, -0.2) is 0 Å². The lowest BCUT2D eigenvalue weighted by atomic mass is 9.96. The Morgan fingerprint density at radius 2 is 1.70 bits per heavy atom. The molecule has 1 heterocycles. The third-order valence-corrected chi connectivity index (χ3v) is 7.45. The molecule has 0 unspecified atom stereocenters. The maximum atomic E-state index is 13.4. The van der Waals surface area contributed by atoms with Gasteiger partial charge >= 0.3 is 0 Å². The van der Waals surface area contributed by atoms with E-state index in [0.29, 0.717) is 37.4 Å². The van der Waals surface area contributed by atoms with Crippen molar-refractivity contribution in [3.63, 3.8) is 0 Å². The Labute approximate surface area is 259 Å². The quantitative estimate of drug-likeness (QED) is 0.286. The molecule has 0 spiro atoms. The van der Waals surface area contributed by atoms with E-state index in [1.165, 1.54) is 0 Å². The number of benzene rings is 2. The van der Waals surface area contributed by atoms with Crippen LogP contribution < -0.4 is 35.5 Å². The lowest BCUT2D eigenvalue weighted by Gasteiger charge is -2.29. The normalized spacial score (nSPS) is 20.1. The van der Waals surface area contributed by atoms with Gasteiger partial charge in [-0.15, -0.1) is 0 Å². The molecule has 4 atom stereocenters. The first kappa shape index (κ1) is 34.2. The van der Waals surface area contributed by atoms with Crippen molar-refractivity contribution in [1.82, 2.24) is 21.3 Å². The molecular weight excluding hydrogens is 564 g/mol. The van der Waals surface area contributed by atoms with Crippen molar-refractivity contribution in [3.8, 4) is 17.2 Å². The van der Waals surface area contributed by atoms with Crippen LogP contribution in [0.2, 0.25) is 0 Å². The van der Waals surface area contributed by atoms with Gasteiger partial charge in [-0.2, -0.15) is 0 Å². The summed E-state index contributed by atoms with van der Waals surface area (Å²) in [7, 11) is 1.59. The summed E-state index contributed by atoms with van der Waals surface area (Å²) in [5, 5.41) is 11.4. The molecule has 4 N–H and O–H groups in total. The van der Waals surface area contributed by atoms with E-state index in [-0.39, 0.29) is 48.9 Å². The molecule has 240 valence electrons. The van der Waals surface area contributed by atoms with Gasteiger partial charge in [0.05, 0.1) is 31.7 Å². The van der Waals surface area contributed by atoms with E-state index >= 15 is 0 Å². The minimum absolute atomic E-state index is 0.137. The molecule has 0 aromatic heterocycles. The molecule has 0 aliphatic carbocycles.